The molecule has 6 nitrogen and oxygen atoms in total. The quantitative estimate of drug-likeness (QED) is 0.696. The Labute approximate surface area is 159 Å². The van der Waals surface area contributed by atoms with Crippen molar-refractivity contribution in [1.29, 1.82) is 0 Å². The number of carbonyl (C=O) groups excluding carboxylic acids is 1. The van der Waals surface area contributed by atoms with Crippen molar-refractivity contribution >= 4 is 17.1 Å². The molecule has 0 saturated carbocycles. The van der Waals surface area contributed by atoms with E-state index in [1.807, 2.05) is 48.0 Å². The number of hydrogen-bond acceptors (Lipinski definition) is 4. The van der Waals surface area contributed by atoms with Gasteiger partial charge in [-0.3, -0.25) is 4.79 Å². The molecule has 0 bridgehead atoms. The van der Waals surface area contributed by atoms with E-state index in [0.717, 1.165) is 34.7 Å². The molecule has 3 aromatic rings. The van der Waals surface area contributed by atoms with Gasteiger partial charge < -0.3 is 14.6 Å². The second-order valence-corrected chi connectivity index (χ2v) is 7.11. The number of aromatic nitrogens is 3. The van der Waals surface area contributed by atoms with Crippen LogP contribution in [0.1, 0.15) is 37.7 Å². The number of rotatable bonds is 7. The van der Waals surface area contributed by atoms with Crippen LogP contribution in [0.5, 0.6) is 5.75 Å². The van der Waals surface area contributed by atoms with E-state index < -0.39 is 0 Å². The molecule has 1 aromatic carbocycles. The van der Waals surface area contributed by atoms with Gasteiger partial charge in [-0.15, -0.1) is 0 Å². The summed E-state index contributed by atoms with van der Waals surface area (Å²) in [5.41, 5.74) is 2.52. The van der Waals surface area contributed by atoms with E-state index in [9.17, 15) is 4.79 Å². The summed E-state index contributed by atoms with van der Waals surface area (Å²) < 4.78 is 7.32. The third-order valence-electron chi connectivity index (χ3n) is 4.56. The number of benzene rings is 1. The molecule has 2 aromatic heterocycles. The fraction of sp³-hybridized carbons (Fsp3) is 0.381. The Bertz CT molecular complexity index is 933. The van der Waals surface area contributed by atoms with E-state index in [1.54, 1.807) is 13.3 Å². The molecular weight excluding hydrogens is 340 g/mol. The Morgan fingerprint density at radius 2 is 2.00 bits per heavy atom. The molecule has 1 amide bonds. The van der Waals surface area contributed by atoms with E-state index >= 15 is 0 Å². The second kappa shape index (κ2) is 8.20. The lowest BCUT2D eigenvalue weighted by Crippen LogP contribution is -2.32. The average molecular weight is 366 g/mol. The first-order chi connectivity index (χ1) is 13.0. The first kappa shape index (κ1) is 18.9. The molecule has 6 heteroatoms. The molecule has 1 atom stereocenters. The Morgan fingerprint density at radius 3 is 2.70 bits per heavy atom. The maximum atomic E-state index is 12.8. The average Bonchev–Trinajstić information content (AvgIpc) is 2.98. The molecular formula is C21H26N4O2. The van der Waals surface area contributed by atoms with E-state index in [0.29, 0.717) is 5.92 Å². The first-order valence-electron chi connectivity index (χ1n) is 9.18. The van der Waals surface area contributed by atoms with Gasteiger partial charge in [-0.25, -0.2) is 9.97 Å². The van der Waals surface area contributed by atoms with Crippen molar-refractivity contribution in [2.24, 2.45) is 13.0 Å². The van der Waals surface area contributed by atoms with Gasteiger partial charge in [-0.05, 0) is 30.5 Å². The summed E-state index contributed by atoms with van der Waals surface area (Å²) in [5, 5.41) is 3.16. The van der Waals surface area contributed by atoms with Crippen LogP contribution < -0.4 is 10.1 Å². The number of aryl methyl sites for hydroxylation is 1. The molecule has 0 fully saturated rings. The molecule has 0 spiro atoms. The minimum Gasteiger partial charge on any atom is -0.496 e. The van der Waals surface area contributed by atoms with Crippen LogP contribution >= 0.6 is 0 Å². The van der Waals surface area contributed by atoms with Crippen LogP contribution in [-0.4, -0.2) is 27.6 Å². The van der Waals surface area contributed by atoms with Crippen molar-refractivity contribution < 1.29 is 9.53 Å². The fourth-order valence-corrected chi connectivity index (χ4v) is 3.32. The highest BCUT2D eigenvalue weighted by Crippen LogP contribution is 2.24. The van der Waals surface area contributed by atoms with Gasteiger partial charge in [0.05, 0.1) is 19.6 Å². The lowest BCUT2D eigenvalue weighted by atomic mass is 10.0. The van der Waals surface area contributed by atoms with Gasteiger partial charge in [-0.1, -0.05) is 32.0 Å². The Kier molecular flexibility index (Phi) is 5.74. The van der Waals surface area contributed by atoms with Crippen LogP contribution in [0.15, 0.2) is 42.6 Å². The van der Waals surface area contributed by atoms with Gasteiger partial charge in [0.1, 0.15) is 17.1 Å². The van der Waals surface area contributed by atoms with Crippen LogP contribution in [0.3, 0.4) is 0 Å². The zero-order chi connectivity index (χ0) is 19.4. The van der Waals surface area contributed by atoms with Crippen molar-refractivity contribution in [3.63, 3.8) is 0 Å². The monoisotopic (exact) mass is 366 g/mol. The Balaban J connectivity index is 1.84. The van der Waals surface area contributed by atoms with Crippen molar-refractivity contribution in [2.75, 3.05) is 7.11 Å². The number of amides is 1. The number of fused-ring (bicyclic) bond motifs is 1. The predicted molar refractivity (Wildman–Crippen MR) is 106 cm³/mol. The number of para-hydroxylation sites is 1. The minimum atomic E-state index is -0.175. The van der Waals surface area contributed by atoms with E-state index in [-0.39, 0.29) is 18.4 Å². The van der Waals surface area contributed by atoms with Gasteiger partial charge >= 0.3 is 0 Å². The SMILES string of the molecule is COc1ccccc1CC(=O)N[C@@H](CC(C)C)c1nc2cccnc2n1C. The summed E-state index contributed by atoms with van der Waals surface area (Å²) in [4.78, 5) is 21.9. The van der Waals surface area contributed by atoms with Gasteiger partial charge in [0.25, 0.3) is 0 Å². The van der Waals surface area contributed by atoms with Gasteiger partial charge in [-0.2, -0.15) is 0 Å². The molecule has 3 rings (SSSR count). The standard InChI is InChI=1S/C21H26N4O2/c1-14(2)12-17(21-24-16-9-7-11-22-20(16)25(21)3)23-19(26)13-15-8-5-6-10-18(15)27-4/h5-11,14,17H,12-13H2,1-4H3,(H,23,26)/t17-/m0/s1. The molecule has 0 aliphatic heterocycles. The zero-order valence-electron chi connectivity index (χ0n) is 16.3. The summed E-state index contributed by atoms with van der Waals surface area (Å²) in [6.45, 7) is 4.28. The van der Waals surface area contributed by atoms with Gasteiger partial charge in [0.2, 0.25) is 5.91 Å². The number of nitrogens with zero attached hydrogens (tertiary/aromatic N) is 3. The molecule has 0 aliphatic carbocycles. The minimum absolute atomic E-state index is 0.0508. The number of methoxy groups -OCH3 is 1. The van der Waals surface area contributed by atoms with Crippen LogP contribution in [-0.2, 0) is 18.3 Å². The lowest BCUT2D eigenvalue weighted by Gasteiger charge is -2.20. The zero-order valence-corrected chi connectivity index (χ0v) is 16.3. The summed E-state index contributed by atoms with van der Waals surface area (Å²) in [7, 11) is 3.56. The van der Waals surface area contributed by atoms with Crippen molar-refractivity contribution in [3.8, 4) is 5.75 Å². The van der Waals surface area contributed by atoms with Crippen LogP contribution in [0.25, 0.3) is 11.2 Å². The number of ether oxygens (including phenoxy) is 1. The maximum absolute atomic E-state index is 12.8. The van der Waals surface area contributed by atoms with Crippen LogP contribution in [0.4, 0.5) is 0 Å². The van der Waals surface area contributed by atoms with Crippen molar-refractivity contribution in [3.05, 3.63) is 54.0 Å². The van der Waals surface area contributed by atoms with Crippen molar-refractivity contribution in [1.82, 2.24) is 19.9 Å². The number of nitrogens with one attached hydrogen (secondary N) is 1. The van der Waals surface area contributed by atoms with Gasteiger partial charge in [0.15, 0.2) is 5.65 Å². The number of pyridine rings is 1. The fourth-order valence-electron chi connectivity index (χ4n) is 3.32. The number of carbonyl (C=O) groups is 1. The highest BCUT2D eigenvalue weighted by atomic mass is 16.5. The topological polar surface area (TPSA) is 69.0 Å². The van der Waals surface area contributed by atoms with E-state index in [2.05, 4.69) is 24.1 Å². The predicted octanol–water partition coefficient (Wildman–Crippen LogP) is 3.42. The first-order valence-corrected chi connectivity index (χ1v) is 9.18. The molecule has 0 saturated heterocycles. The van der Waals surface area contributed by atoms with E-state index in [1.165, 1.54) is 0 Å². The normalized spacial score (nSPS) is 12.3. The lowest BCUT2D eigenvalue weighted by molar-refractivity contribution is -0.121. The number of hydrogen-bond donors (Lipinski definition) is 1. The number of imidazole rings is 1. The largest absolute Gasteiger partial charge is 0.496 e. The smallest absolute Gasteiger partial charge is 0.225 e. The summed E-state index contributed by atoms with van der Waals surface area (Å²) in [5.74, 6) is 1.91. The second-order valence-electron chi connectivity index (χ2n) is 7.11. The summed E-state index contributed by atoms with van der Waals surface area (Å²) in [6, 6.07) is 11.2. The molecule has 2 heterocycles. The van der Waals surface area contributed by atoms with E-state index in [4.69, 9.17) is 9.72 Å². The van der Waals surface area contributed by atoms with Crippen molar-refractivity contribution in [2.45, 2.75) is 32.7 Å². The maximum Gasteiger partial charge on any atom is 0.225 e. The summed E-state index contributed by atoms with van der Waals surface area (Å²) >= 11 is 0. The summed E-state index contributed by atoms with van der Waals surface area (Å²) in [6.07, 6.45) is 2.82. The molecule has 0 unspecified atom stereocenters. The third kappa shape index (κ3) is 4.27. The highest BCUT2D eigenvalue weighted by molar-refractivity contribution is 5.80. The Hall–Kier alpha value is -2.89. The van der Waals surface area contributed by atoms with Gasteiger partial charge in [0, 0.05) is 18.8 Å². The Morgan fingerprint density at radius 1 is 1.22 bits per heavy atom. The highest BCUT2D eigenvalue weighted by Gasteiger charge is 2.22. The molecule has 0 aliphatic rings. The molecule has 0 radical (unpaired) electrons. The molecule has 1 N–H and O–H groups in total. The van der Waals surface area contributed by atoms with Crippen LogP contribution in [0.2, 0.25) is 0 Å². The molecule has 142 valence electrons. The van der Waals surface area contributed by atoms with Crippen LogP contribution in [0, 0.1) is 5.92 Å². The third-order valence-corrected chi connectivity index (χ3v) is 4.56. The molecule has 27 heavy (non-hydrogen) atoms.